The number of thioether (sulfide) groups is 1. The molecule has 0 fully saturated rings. The van der Waals surface area contributed by atoms with E-state index in [2.05, 4.69) is 30.3 Å². The van der Waals surface area contributed by atoms with Gasteiger partial charge in [0.2, 0.25) is 0 Å². The molecule has 1 rings (SSSR count). The van der Waals surface area contributed by atoms with Crippen LogP contribution in [0.5, 0.6) is 11.5 Å². The van der Waals surface area contributed by atoms with E-state index in [1.54, 1.807) is 7.11 Å². The Hall–Kier alpha value is -0.950. The van der Waals surface area contributed by atoms with Gasteiger partial charge in [0, 0.05) is 31.4 Å². The lowest BCUT2D eigenvalue weighted by Gasteiger charge is -2.24. The van der Waals surface area contributed by atoms with Crippen LogP contribution >= 0.6 is 11.8 Å². The zero-order valence-electron chi connectivity index (χ0n) is 15.5. The van der Waals surface area contributed by atoms with E-state index < -0.39 is 6.10 Å². The molecule has 1 aromatic rings. The molecule has 138 valence electrons. The Bertz CT molecular complexity index is 472. The second-order valence-corrected chi connectivity index (χ2v) is 7.14. The summed E-state index contributed by atoms with van der Waals surface area (Å²) in [5.41, 5.74) is 1.15. The Morgan fingerprint density at radius 1 is 1.29 bits per heavy atom. The van der Waals surface area contributed by atoms with Gasteiger partial charge in [0.15, 0.2) is 11.5 Å². The lowest BCUT2D eigenvalue weighted by Crippen LogP contribution is -2.36. The second kappa shape index (κ2) is 11.6. The third-order valence-electron chi connectivity index (χ3n) is 3.85. The molecule has 6 heteroatoms. The van der Waals surface area contributed by atoms with Crippen molar-refractivity contribution in [2.45, 2.75) is 32.5 Å². The van der Waals surface area contributed by atoms with E-state index in [4.69, 9.17) is 9.47 Å². The largest absolute Gasteiger partial charge is 0.493 e. The smallest absolute Gasteiger partial charge is 0.161 e. The van der Waals surface area contributed by atoms with Gasteiger partial charge in [-0.15, -0.1) is 0 Å². The van der Waals surface area contributed by atoms with Gasteiger partial charge in [-0.3, -0.25) is 0 Å². The number of aliphatic hydroxyl groups excluding tert-OH is 1. The molecule has 0 spiro atoms. The molecular formula is C18H32N2O3S. The fourth-order valence-corrected chi connectivity index (χ4v) is 2.48. The summed E-state index contributed by atoms with van der Waals surface area (Å²) >= 11 is 1.83. The SMILES string of the molecule is COc1cc(CNCCSC)ccc1OCC(O)CN(C)C(C)C. The molecule has 0 aliphatic heterocycles. The first kappa shape index (κ1) is 21.1. The molecule has 2 N–H and O–H groups in total. The van der Waals surface area contributed by atoms with E-state index in [-0.39, 0.29) is 6.61 Å². The number of aliphatic hydroxyl groups is 1. The van der Waals surface area contributed by atoms with Gasteiger partial charge in [0.05, 0.1) is 7.11 Å². The van der Waals surface area contributed by atoms with E-state index >= 15 is 0 Å². The van der Waals surface area contributed by atoms with E-state index in [0.717, 1.165) is 24.4 Å². The first-order valence-corrected chi connectivity index (χ1v) is 9.75. The Balaban J connectivity index is 2.52. The molecule has 0 aromatic heterocycles. The molecule has 5 nitrogen and oxygen atoms in total. The summed E-state index contributed by atoms with van der Waals surface area (Å²) in [7, 11) is 3.63. The number of hydrogen-bond donors (Lipinski definition) is 2. The highest BCUT2D eigenvalue weighted by Crippen LogP contribution is 2.28. The number of ether oxygens (including phenoxy) is 2. The molecule has 24 heavy (non-hydrogen) atoms. The van der Waals surface area contributed by atoms with Crippen LogP contribution in [0.3, 0.4) is 0 Å². The maximum atomic E-state index is 10.1. The van der Waals surface area contributed by atoms with Crippen LogP contribution in [0.4, 0.5) is 0 Å². The average Bonchev–Trinajstić information content (AvgIpc) is 2.57. The van der Waals surface area contributed by atoms with Gasteiger partial charge in [-0.2, -0.15) is 11.8 Å². The van der Waals surface area contributed by atoms with Crippen molar-refractivity contribution in [3.63, 3.8) is 0 Å². The van der Waals surface area contributed by atoms with Gasteiger partial charge < -0.3 is 24.8 Å². The van der Waals surface area contributed by atoms with Crippen molar-refractivity contribution >= 4 is 11.8 Å². The summed E-state index contributed by atoms with van der Waals surface area (Å²) < 4.78 is 11.2. The minimum Gasteiger partial charge on any atom is -0.493 e. The first-order valence-electron chi connectivity index (χ1n) is 8.35. The average molecular weight is 357 g/mol. The molecule has 0 saturated carbocycles. The molecule has 1 atom stereocenters. The topological polar surface area (TPSA) is 54.0 Å². The van der Waals surface area contributed by atoms with Gasteiger partial charge >= 0.3 is 0 Å². The normalized spacial score (nSPS) is 12.7. The number of nitrogens with zero attached hydrogens (tertiary/aromatic N) is 1. The van der Waals surface area contributed by atoms with Gasteiger partial charge in [-0.05, 0) is 44.8 Å². The Labute approximate surface area is 150 Å². The summed E-state index contributed by atoms with van der Waals surface area (Å²) in [6, 6.07) is 6.31. The highest BCUT2D eigenvalue weighted by atomic mass is 32.2. The lowest BCUT2D eigenvalue weighted by molar-refractivity contribution is 0.0668. The number of rotatable bonds is 12. The molecule has 0 saturated heterocycles. The van der Waals surface area contributed by atoms with Crippen molar-refractivity contribution in [1.29, 1.82) is 0 Å². The quantitative estimate of drug-likeness (QED) is 0.560. The Morgan fingerprint density at radius 2 is 2.04 bits per heavy atom. The lowest BCUT2D eigenvalue weighted by atomic mass is 10.2. The van der Waals surface area contributed by atoms with Crippen LogP contribution in [-0.4, -0.2) is 68.0 Å². The van der Waals surface area contributed by atoms with E-state index in [0.29, 0.717) is 24.1 Å². The summed E-state index contributed by atoms with van der Waals surface area (Å²) in [5, 5.41) is 13.5. The van der Waals surface area contributed by atoms with Crippen molar-refractivity contribution in [3.8, 4) is 11.5 Å². The molecule has 0 aliphatic carbocycles. The molecule has 0 radical (unpaired) electrons. The van der Waals surface area contributed by atoms with Gasteiger partial charge in [-0.25, -0.2) is 0 Å². The number of nitrogens with one attached hydrogen (secondary N) is 1. The van der Waals surface area contributed by atoms with Crippen LogP contribution in [0.1, 0.15) is 19.4 Å². The molecule has 0 bridgehead atoms. The fourth-order valence-electron chi connectivity index (χ4n) is 2.13. The van der Waals surface area contributed by atoms with Crippen LogP contribution in [0, 0.1) is 0 Å². The zero-order chi connectivity index (χ0) is 17.9. The molecule has 0 amide bonds. The summed E-state index contributed by atoms with van der Waals surface area (Å²) in [5.74, 6) is 2.46. The summed E-state index contributed by atoms with van der Waals surface area (Å²) in [4.78, 5) is 2.09. The fraction of sp³-hybridized carbons (Fsp3) is 0.667. The summed E-state index contributed by atoms with van der Waals surface area (Å²) in [6.07, 6.45) is 1.57. The predicted molar refractivity (Wildman–Crippen MR) is 102 cm³/mol. The molecule has 1 aromatic carbocycles. The predicted octanol–water partition coefficient (Wildman–Crippen LogP) is 2.23. The van der Waals surface area contributed by atoms with Crippen molar-refractivity contribution in [2.24, 2.45) is 0 Å². The van der Waals surface area contributed by atoms with Crippen molar-refractivity contribution < 1.29 is 14.6 Å². The minimum atomic E-state index is -0.532. The minimum absolute atomic E-state index is 0.249. The van der Waals surface area contributed by atoms with Crippen LogP contribution in [0.15, 0.2) is 18.2 Å². The molecule has 0 heterocycles. The number of benzene rings is 1. The first-order chi connectivity index (χ1) is 11.5. The third-order valence-corrected chi connectivity index (χ3v) is 4.46. The van der Waals surface area contributed by atoms with Gasteiger partial charge in [0.25, 0.3) is 0 Å². The number of hydrogen-bond acceptors (Lipinski definition) is 6. The van der Waals surface area contributed by atoms with Crippen LogP contribution in [0.25, 0.3) is 0 Å². The van der Waals surface area contributed by atoms with E-state index in [9.17, 15) is 5.11 Å². The maximum Gasteiger partial charge on any atom is 0.161 e. The van der Waals surface area contributed by atoms with Crippen LogP contribution < -0.4 is 14.8 Å². The second-order valence-electron chi connectivity index (χ2n) is 6.15. The zero-order valence-corrected chi connectivity index (χ0v) is 16.4. The Morgan fingerprint density at radius 3 is 2.67 bits per heavy atom. The van der Waals surface area contributed by atoms with Crippen LogP contribution in [-0.2, 0) is 6.54 Å². The number of methoxy groups -OCH3 is 1. The molecule has 1 unspecified atom stereocenters. The molecule has 0 aliphatic rings. The highest BCUT2D eigenvalue weighted by Gasteiger charge is 2.13. The van der Waals surface area contributed by atoms with Gasteiger partial charge in [-0.1, -0.05) is 6.07 Å². The van der Waals surface area contributed by atoms with E-state index in [1.165, 1.54) is 0 Å². The Kier molecular flexibility index (Phi) is 10.2. The highest BCUT2D eigenvalue weighted by molar-refractivity contribution is 7.98. The summed E-state index contributed by atoms with van der Waals surface area (Å²) in [6.45, 7) is 6.82. The van der Waals surface area contributed by atoms with Gasteiger partial charge in [0.1, 0.15) is 12.7 Å². The monoisotopic (exact) mass is 356 g/mol. The van der Waals surface area contributed by atoms with Crippen molar-refractivity contribution in [3.05, 3.63) is 23.8 Å². The van der Waals surface area contributed by atoms with E-state index in [1.807, 2.05) is 37.0 Å². The molecular weight excluding hydrogens is 324 g/mol. The van der Waals surface area contributed by atoms with Crippen molar-refractivity contribution in [1.82, 2.24) is 10.2 Å². The third kappa shape index (κ3) is 7.75. The standard InChI is InChI=1S/C18H32N2O3S/c1-14(2)20(3)12-16(21)13-23-17-7-6-15(10-18(17)22-4)11-19-8-9-24-5/h6-7,10,14,16,19,21H,8-9,11-13H2,1-5H3. The maximum absolute atomic E-state index is 10.1. The van der Waals surface area contributed by atoms with Crippen molar-refractivity contribution in [2.75, 3.05) is 45.9 Å². The number of likely N-dealkylation sites (N-methyl/N-ethyl adjacent to an activating group) is 1. The van der Waals surface area contributed by atoms with Crippen LogP contribution in [0.2, 0.25) is 0 Å².